The molecule has 0 bridgehead atoms. The van der Waals surface area contributed by atoms with Crippen LogP contribution in [-0.4, -0.2) is 0 Å². The number of hydrogen-bond acceptors (Lipinski definition) is 2. The van der Waals surface area contributed by atoms with E-state index in [1.165, 1.54) is 24.4 Å². The number of thioether (sulfide) groups is 1. The van der Waals surface area contributed by atoms with Gasteiger partial charge >= 0.3 is 0 Å². The van der Waals surface area contributed by atoms with E-state index in [4.69, 9.17) is 12.6 Å². The Kier molecular flexibility index (Phi) is 4.36. The molecule has 4 heteroatoms. The fourth-order valence-electron chi connectivity index (χ4n) is 1.86. The minimum absolute atomic E-state index is 0.916. The molecule has 3 heterocycles. The van der Waals surface area contributed by atoms with Gasteiger partial charge in [-0.1, -0.05) is 4.91 Å². The van der Waals surface area contributed by atoms with Crippen LogP contribution in [0.3, 0.4) is 0 Å². The lowest BCUT2D eigenvalue weighted by molar-refractivity contribution is 1.67. The number of thiophene rings is 2. The van der Waals surface area contributed by atoms with Crippen LogP contribution >= 0.6 is 34.4 Å². The molecular formula is C16H12S4-2. The molecule has 0 aromatic carbocycles. The van der Waals surface area contributed by atoms with Gasteiger partial charge in [0.05, 0.1) is 32.9 Å². The number of hydrogen-bond donors (Lipinski definition) is 0. The molecule has 2 aromatic heterocycles. The summed E-state index contributed by atoms with van der Waals surface area (Å²) in [5.41, 5.74) is 0. The Hall–Kier alpha value is -0.940. The first-order valence-electron chi connectivity index (χ1n) is 6.19. The van der Waals surface area contributed by atoms with Crippen LogP contribution < -0.4 is 0 Å². The summed E-state index contributed by atoms with van der Waals surface area (Å²) in [5.74, 6) is 0. The van der Waals surface area contributed by atoms with Crippen LogP contribution in [0, 0.1) is 6.42 Å². The molecule has 0 atom stereocenters. The van der Waals surface area contributed by atoms with Gasteiger partial charge in [-0.05, 0) is 6.92 Å². The third kappa shape index (κ3) is 2.88. The van der Waals surface area contributed by atoms with E-state index in [0.29, 0.717) is 0 Å². The maximum atomic E-state index is 5.38. The Labute approximate surface area is 137 Å². The summed E-state index contributed by atoms with van der Waals surface area (Å²) in [6.07, 6.45) is 8.25. The smallest absolute Gasteiger partial charge is 0.123 e. The van der Waals surface area contributed by atoms with E-state index in [-0.39, 0.29) is 0 Å². The zero-order valence-corrected chi connectivity index (χ0v) is 14.1. The van der Waals surface area contributed by atoms with Crippen molar-refractivity contribution in [3.8, 4) is 9.75 Å². The molecule has 0 unspecified atom stereocenters. The van der Waals surface area contributed by atoms with E-state index in [9.17, 15) is 0 Å². The highest BCUT2D eigenvalue weighted by molar-refractivity contribution is 8.12. The van der Waals surface area contributed by atoms with E-state index < -0.39 is 0 Å². The van der Waals surface area contributed by atoms with Crippen LogP contribution in [0.2, 0.25) is 0 Å². The molecule has 0 radical (unpaired) electrons. The predicted octanol–water partition coefficient (Wildman–Crippen LogP) is 6.10. The molecule has 0 saturated heterocycles. The molecule has 0 fully saturated rings. The summed E-state index contributed by atoms with van der Waals surface area (Å²) >= 11 is 10.8. The summed E-state index contributed by atoms with van der Waals surface area (Å²) < 4.78 is 0. The molecule has 20 heavy (non-hydrogen) atoms. The van der Waals surface area contributed by atoms with Gasteiger partial charge in [-0.3, -0.25) is 4.91 Å². The second-order valence-corrected chi connectivity index (χ2v) is 7.72. The first-order valence-corrected chi connectivity index (χ1v) is 9.11. The van der Waals surface area contributed by atoms with Crippen molar-refractivity contribution < 1.29 is 0 Å². The van der Waals surface area contributed by atoms with Gasteiger partial charge in [0, 0.05) is 0 Å². The van der Waals surface area contributed by atoms with Crippen molar-refractivity contribution in [1.29, 1.82) is 0 Å². The standard InChI is InChI=1S/C16H13S4/c1-2-4-11(17)12-6-7-15(19-12)16-9-8-14(20-16)13-5-3-10-18-13/h2-10,17H,1H3/q-1/p-1/b4-2?,12-11-. The van der Waals surface area contributed by atoms with E-state index in [2.05, 4.69) is 42.1 Å². The van der Waals surface area contributed by atoms with Crippen LogP contribution in [0.15, 0.2) is 57.7 Å². The van der Waals surface area contributed by atoms with E-state index in [1.54, 1.807) is 23.1 Å². The molecule has 0 N–H and O–H groups in total. The van der Waals surface area contributed by atoms with Gasteiger partial charge in [-0.15, -0.1) is 17.1 Å². The van der Waals surface area contributed by atoms with Crippen molar-refractivity contribution in [2.75, 3.05) is 0 Å². The Bertz CT molecular complexity index is 684. The molecule has 1 aliphatic rings. The fraction of sp³-hybridized carbons (Fsp3) is 0.0625. The zero-order valence-electron chi connectivity index (χ0n) is 10.8. The van der Waals surface area contributed by atoms with Crippen molar-refractivity contribution in [3.05, 3.63) is 69.0 Å². The van der Waals surface area contributed by atoms with Gasteiger partial charge in [-0.2, -0.15) is 48.5 Å². The second-order valence-electron chi connectivity index (χ2n) is 4.17. The monoisotopic (exact) mass is 332 g/mol. The minimum Gasteiger partial charge on any atom is -0.857 e. The van der Waals surface area contributed by atoms with E-state index in [0.717, 1.165) is 4.91 Å². The van der Waals surface area contributed by atoms with Crippen molar-refractivity contribution in [2.24, 2.45) is 0 Å². The van der Waals surface area contributed by atoms with Crippen LogP contribution in [-0.2, 0) is 12.6 Å². The Morgan fingerprint density at radius 1 is 1.40 bits per heavy atom. The average molecular weight is 333 g/mol. The molecule has 1 aliphatic heterocycles. The molecule has 102 valence electrons. The predicted molar refractivity (Wildman–Crippen MR) is 96.7 cm³/mol. The maximum absolute atomic E-state index is 5.38. The Morgan fingerprint density at radius 2 is 2.30 bits per heavy atom. The molecule has 0 nitrogen and oxygen atoms in total. The van der Waals surface area contributed by atoms with Crippen molar-refractivity contribution >= 4 is 52.0 Å². The summed E-state index contributed by atoms with van der Waals surface area (Å²) in [5, 5.41) is 2.12. The fourth-order valence-corrected chi connectivity index (χ4v) is 5.04. The molecule has 0 amide bonds. The van der Waals surface area contributed by atoms with Crippen molar-refractivity contribution in [3.63, 3.8) is 0 Å². The van der Waals surface area contributed by atoms with Crippen LogP contribution in [0.25, 0.3) is 14.7 Å². The van der Waals surface area contributed by atoms with Gasteiger partial charge in [0.25, 0.3) is 0 Å². The molecule has 0 spiro atoms. The molecular weight excluding hydrogens is 320 g/mol. The van der Waals surface area contributed by atoms with Gasteiger partial charge in [0.1, 0.15) is 9.75 Å². The lowest BCUT2D eigenvalue weighted by atomic mass is 10.3. The Balaban J connectivity index is 1.81. The normalized spacial score (nSPS) is 17.4. The summed E-state index contributed by atoms with van der Waals surface area (Å²) in [4.78, 5) is 7.36. The molecule has 0 aliphatic carbocycles. The number of rotatable bonds is 3. The summed E-state index contributed by atoms with van der Waals surface area (Å²) in [6, 6.07) is 8.67. The minimum atomic E-state index is 0.916. The second kappa shape index (κ2) is 6.22. The quantitative estimate of drug-likeness (QED) is 0.378. The van der Waals surface area contributed by atoms with Crippen LogP contribution in [0.4, 0.5) is 0 Å². The van der Waals surface area contributed by atoms with Gasteiger partial charge in [-0.25, -0.2) is 0 Å². The van der Waals surface area contributed by atoms with Crippen molar-refractivity contribution in [1.82, 2.24) is 0 Å². The molecule has 2 aromatic rings. The average Bonchev–Trinajstić information content (AvgIpc) is 3.19. The lowest BCUT2D eigenvalue weighted by Gasteiger charge is -2.20. The highest BCUT2D eigenvalue weighted by Gasteiger charge is 2.12. The summed E-state index contributed by atoms with van der Waals surface area (Å²) in [7, 11) is 0. The number of allylic oxidation sites excluding steroid dienone is 4. The van der Waals surface area contributed by atoms with Gasteiger partial charge in [0.15, 0.2) is 0 Å². The van der Waals surface area contributed by atoms with Crippen LogP contribution in [0.1, 0.15) is 11.8 Å². The van der Waals surface area contributed by atoms with Gasteiger partial charge in [0.2, 0.25) is 0 Å². The lowest BCUT2D eigenvalue weighted by Crippen LogP contribution is -1.76. The highest BCUT2D eigenvalue weighted by atomic mass is 32.2. The van der Waals surface area contributed by atoms with E-state index in [1.807, 2.05) is 30.4 Å². The van der Waals surface area contributed by atoms with Gasteiger partial charge < -0.3 is 12.6 Å². The first kappa shape index (κ1) is 14.0. The highest BCUT2D eigenvalue weighted by Crippen LogP contribution is 2.46. The van der Waals surface area contributed by atoms with E-state index >= 15 is 0 Å². The largest absolute Gasteiger partial charge is 0.857 e. The topological polar surface area (TPSA) is 0 Å². The molecule has 0 saturated carbocycles. The SMILES string of the molecule is CC=C/C([S-])=C1\[CH-]C=C(c2cc[c-](-[c-]3ccc[s+]3)[s+]2)S1. The maximum Gasteiger partial charge on any atom is 0.123 e. The third-order valence-electron chi connectivity index (χ3n) is 2.78. The Morgan fingerprint density at radius 3 is 3.05 bits per heavy atom. The first-order chi connectivity index (χ1) is 9.78. The molecule has 3 rings (SSSR count). The van der Waals surface area contributed by atoms with Crippen LogP contribution in [0.5, 0.6) is 0 Å². The summed E-state index contributed by atoms with van der Waals surface area (Å²) in [6.45, 7) is 1.99. The van der Waals surface area contributed by atoms with Crippen molar-refractivity contribution in [2.45, 2.75) is 6.92 Å². The zero-order chi connectivity index (χ0) is 13.9. The third-order valence-corrected chi connectivity index (χ3v) is 6.73.